The van der Waals surface area contributed by atoms with Gasteiger partial charge in [0.1, 0.15) is 0 Å². The minimum atomic E-state index is -4.58. The number of ether oxygens (including phenoxy) is 3. The SMILES string of the molecule is CCOC(=O)[C@@H](C)Oc1c(I)cc(C=Nn2c(-c3cccc(C(F)(F)F)c3)nc3ccccc3c2=O)cc1OCC. The molecule has 4 aromatic rings. The summed E-state index contributed by atoms with van der Waals surface area (Å²) in [4.78, 5) is 30.0. The second-order valence-electron chi connectivity index (χ2n) is 8.67. The van der Waals surface area contributed by atoms with E-state index in [9.17, 15) is 22.8 Å². The fourth-order valence-electron chi connectivity index (χ4n) is 3.90. The summed E-state index contributed by atoms with van der Waals surface area (Å²) in [6.07, 6.45) is -4.10. The molecule has 4 rings (SSSR count). The van der Waals surface area contributed by atoms with Crippen LogP contribution in [0.5, 0.6) is 11.5 Å². The van der Waals surface area contributed by atoms with E-state index in [0.29, 0.717) is 32.8 Å². The van der Waals surface area contributed by atoms with Crippen LogP contribution >= 0.6 is 22.6 Å². The molecule has 0 radical (unpaired) electrons. The van der Waals surface area contributed by atoms with E-state index in [2.05, 4.69) is 10.1 Å². The molecule has 1 atom stereocenters. The number of rotatable bonds is 9. The number of hydrogen-bond acceptors (Lipinski definition) is 7. The van der Waals surface area contributed by atoms with Crippen LogP contribution in [0.15, 0.2) is 70.6 Å². The quantitative estimate of drug-likeness (QED) is 0.117. The van der Waals surface area contributed by atoms with Crippen molar-refractivity contribution in [2.75, 3.05) is 13.2 Å². The van der Waals surface area contributed by atoms with Crippen LogP contribution in [-0.4, -0.2) is 41.2 Å². The number of nitrogens with zero attached hydrogens (tertiary/aromatic N) is 3. The van der Waals surface area contributed by atoms with E-state index in [4.69, 9.17) is 14.2 Å². The van der Waals surface area contributed by atoms with Crippen LogP contribution < -0.4 is 15.0 Å². The molecular weight excluding hydrogens is 654 g/mol. The summed E-state index contributed by atoms with van der Waals surface area (Å²) in [5.41, 5.74) is -0.536. The zero-order valence-electron chi connectivity index (χ0n) is 22.2. The number of fused-ring (bicyclic) bond motifs is 1. The Balaban J connectivity index is 1.81. The van der Waals surface area contributed by atoms with Gasteiger partial charge in [-0.3, -0.25) is 4.79 Å². The molecule has 3 aromatic carbocycles. The van der Waals surface area contributed by atoms with Crippen LogP contribution in [0.25, 0.3) is 22.3 Å². The van der Waals surface area contributed by atoms with Gasteiger partial charge in [0.2, 0.25) is 0 Å². The van der Waals surface area contributed by atoms with E-state index >= 15 is 0 Å². The zero-order chi connectivity index (χ0) is 29.7. The number of halogens is 4. The summed E-state index contributed by atoms with van der Waals surface area (Å²) in [5.74, 6) is 0.0825. The van der Waals surface area contributed by atoms with Crippen molar-refractivity contribution in [2.24, 2.45) is 5.10 Å². The van der Waals surface area contributed by atoms with Gasteiger partial charge in [0.15, 0.2) is 23.4 Å². The lowest BCUT2D eigenvalue weighted by Crippen LogP contribution is -2.26. The van der Waals surface area contributed by atoms with Gasteiger partial charge >= 0.3 is 12.1 Å². The number of esters is 1. The predicted molar refractivity (Wildman–Crippen MR) is 156 cm³/mol. The van der Waals surface area contributed by atoms with Crippen molar-refractivity contribution in [2.45, 2.75) is 33.1 Å². The van der Waals surface area contributed by atoms with Gasteiger partial charge in [-0.25, -0.2) is 9.78 Å². The van der Waals surface area contributed by atoms with E-state index in [1.807, 2.05) is 22.6 Å². The van der Waals surface area contributed by atoms with Gasteiger partial charge in [0, 0.05) is 5.56 Å². The van der Waals surface area contributed by atoms with E-state index in [0.717, 1.165) is 16.8 Å². The average molecular weight is 679 g/mol. The van der Waals surface area contributed by atoms with Crippen LogP contribution in [-0.2, 0) is 15.7 Å². The Morgan fingerprint density at radius 2 is 1.85 bits per heavy atom. The Hall–Kier alpha value is -3.94. The number of hydrogen-bond donors (Lipinski definition) is 0. The summed E-state index contributed by atoms with van der Waals surface area (Å²) in [6, 6.07) is 14.4. The number of carbonyl (C=O) groups excluding carboxylic acids is 1. The van der Waals surface area contributed by atoms with Crippen molar-refractivity contribution in [3.05, 3.63) is 85.7 Å². The van der Waals surface area contributed by atoms with Crippen LogP contribution in [0.1, 0.15) is 31.9 Å². The second kappa shape index (κ2) is 12.7. The van der Waals surface area contributed by atoms with Gasteiger partial charge in [-0.15, -0.1) is 0 Å². The number of aromatic nitrogens is 2. The van der Waals surface area contributed by atoms with Gasteiger partial charge in [0.05, 0.1) is 39.5 Å². The maximum atomic E-state index is 13.5. The molecular formula is C29H25F3IN3O5. The number of benzene rings is 3. The first-order chi connectivity index (χ1) is 19.5. The summed E-state index contributed by atoms with van der Waals surface area (Å²) >= 11 is 2.02. The molecule has 0 N–H and O–H groups in total. The molecule has 0 saturated heterocycles. The van der Waals surface area contributed by atoms with Crippen molar-refractivity contribution in [1.82, 2.24) is 9.66 Å². The Bertz CT molecular complexity index is 1670. The first-order valence-electron chi connectivity index (χ1n) is 12.6. The highest BCUT2D eigenvalue weighted by atomic mass is 127. The fraction of sp³-hybridized carbons (Fsp3) is 0.241. The maximum Gasteiger partial charge on any atom is 0.416 e. The minimum Gasteiger partial charge on any atom is -0.490 e. The molecule has 0 amide bonds. The Morgan fingerprint density at radius 3 is 2.56 bits per heavy atom. The number of carbonyl (C=O) groups is 1. The summed E-state index contributed by atoms with van der Waals surface area (Å²) in [6.45, 7) is 5.56. The molecule has 0 aliphatic carbocycles. The van der Waals surface area contributed by atoms with Crippen LogP contribution in [0.2, 0.25) is 0 Å². The average Bonchev–Trinajstić information content (AvgIpc) is 2.94. The molecule has 8 nitrogen and oxygen atoms in total. The molecule has 0 saturated carbocycles. The van der Waals surface area contributed by atoms with Crippen LogP contribution in [0.4, 0.5) is 13.2 Å². The van der Waals surface area contributed by atoms with Crippen molar-refractivity contribution in [3.63, 3.8) is 0 Å². The summed E-state index contributed by atoms with van der Waals surface area (Å²) in [7, 11) is 0. The summed E-state index contributed by atoms with van der Waals surface area (Å²) in [5, 5.41) is 4.59. The normalized spacial score (nSPS) is 12.5. The largest absolute Gasteiger partial charge is 0.490 e. The molecule has 41 heavy (non-hydrogen) atoms. The highest BCUT2D eigenvalue weighted by Gasteiger charge is 2.31. The highest BCUT2D eigenvalue weighted by molar-refractivity contribution is 14.1. The highest BCUT2D eigenvalue weighted by Crippen LogP contribution is 2.35. The molecule has 1 aromatic heterocycles. The molecule has 0 unspecified atom stereocenters. The van der Waals surface area contributed by atoms with Crippen molar-refractivity contribution in [1.29, 1.82) is 0 Å². The van der Waals surface area contributed by atoms with E-state index in [-0.39, 0.29) is 23.4 Å². The van der Waals surface area contributed by atoms with Gasteiger partial charge in [-0.2, -0.15) is 22.9 Å². The van der Waals surface area contributed by atoms with Crippen LogP contribution in [0.3, 0.4) is 0 Å². The maximum absolute atomic E-state index is 13.5. The van der Waals surface area contributed by atoms with Crippen molar-refractivity contribution >= 4 is 45.7 Å². The smallest absolute Gasteiger partial charge is 0.416 e. The summed E-state index contributed by atoms with van der Waals surface area (Å²) < 4.78 is 58.5. The van der Waals surface area contributed by atoms with Gasteiger partial charge in [-0.05, 0) is 85.3 Å². The van der Waals surface area contributed by atoms with E-state index in [1.54, 1.807) is 57.2 Å². The predicted octanol–water partition coefficient (Wildman–Crippen LogP) is 6.30. The third kappa shape index (κ3) is 6.87. The number of alkyl halides is 3. The van der Waals surface area contributed by atoms with Crippen molar-refractivity contribution < 1.29 is 32.2 Å². The first-order valence-corrected chi connectivity index (χ1v) is 13.6. The zero-order valence-corrected chi connectivity index (χ0v) is 24.4. The topological polar surface area (TPSA) is 92.0 Å². The molecule has 0 spiro atoms. The van der Waals surface area contributed by atoms with Crippen LogP contribution in [0, 0.1) is 3.57 Å². The minimum absolute atomic E-state index is 0.0565. The molecule has 0 bridgehead atoms. The molecule has 214 valence electrons. The Kier molecular flexibility index (Phi) is 9.31. The third-order valence-electron chi connectivity index (χ3n) is 5.77. The van der Waals surface area contributed by atoms with E-state index in [1.165, 1.54) is 18.3 Å². The standard InChI is InChI=1S/C29H25F3IN3O5/c1-4-39-24-14-18(13-22(33)25(24)41-17(3)28(38)40-5-2)16-34-36-26(19-9-8-10-20(15-19)29(30,31)32)35-23-12-7-6-11-21(23)27(36)37/h6-17H,4-5H2,1-3H3/t17-/m1/s1. The molecule has 1 heterocycles. The van der Waals surface area contributed by atoms with Gasteiger partial charge < -0.3 is 14.2 Å². The number of para-hydroxylation sites is 1. The monoisotopic (exact) mass is 679 g/mol. The third-order valence-corrected chi connectivity index (χ3v) is 6.57. The molecule has 0 fully saturated rings. The molecule has 0 aliphatic heterocycles. The van der Waals surface area contributed by atoms with Crippen molar-refractivity contribution in [3.8, 4) is 22.9 Å². The Labute approximate surface area is 246 Å². The lowest BCUT2D eigenvalue weighted by atomic mass is 10.1. The van der Waals surface area contributed by atoms with E-state index < -0.39 is 29.4 Å². The van der Waals surface area contributed by atoms with Gasteiger partial charge in [0.25, 0.3) is 5.56 Å². The molecule has 0 aliphatic rings. The lowest BCUT2D eigenvalue weighted by molar-refractivity contribution is -0.150. The first kappa shape index (κ1) is 30.0. The Morgan fingerprint density at radius 1 is 1.10 bits per heavy atom. The fourth-order valence-corrected chi connectivity index (χ4v) is 4.65. The van der Waals surface area contributed by atoms with Gasteiger partial charge in [-0.1, -0.05) is 24.3 Å². The molecule has 12 heteroatoms. The second-order valence-corrected chi connectivity index (χ2v) is 9.83. The lowest BCUT2D eigenvalue weighted by Gasteiger charge is -2.18.